The molecule has 2 N–H and O–H groups in total. The van der Waals surface area contributed by atoms with Crippen molar-refractivity contribution in [3.8, 4) is 11.4 Å². The number of primary amides is 1. The molecule has 6 heteroatoms. The quantitative estimate of drug-likeness (QED) is 0.785. The highest BCUT2D eigenvalue weighted by atomic mass is 16.5. The first-order valence-electron chi connectivity index (χ1n) is 7.16. The number of hydrogen-bond donors (Lipinski definition) is 1. The van der Waals surface area contributed by atoms with Crippen molar-refractivity contribution in [2.45, 2.75) is 13.0 Å². The average Bonchev–Trinajstić information content (AvgIpc) is 3.10. The van der Waals surface area contributed by atoms with Crippen LogP contribution in [0, 0.1) is 0 Å². The summed E-state index contributed by atoms with van der Waals surface area (Å²) in [4.78, 5) is 15.7. The lowest BCUT2D eigenvalue weighted by atomic mass is 10.1. The van der Waals surface area contributed by atoms with E-state index in [0.717, 1.165) is 5.56 Å². The molecule has 0 fully saturated rings. The summed E-state index contributed by atoms with van der Waals surface area (Å²) in [6.45, 7) is 1.91. The van der Waals surface area contributed by atoms with Gasteiger partial charge in [-0.05, 0) is 24.6 Å². The van der Waals surface area contributed by atoms with Crippen molar-refractivity contribution in [2.75, 3.05) is 0 Å². The smallest absolute Gasteiger partial charge is 0.252 e. The van der Waals surface area contributed by atoms with Crippen molar-refractivity contribution in [1.82, 2.24) is 14.8 Å². The second kappa shape index (κ2) is 6.31. The van der Waals surface area contributed by atoms with Gasteiger partial charge >= 0.3 is 0 Å². The summed E-state index contributed by atoms with van der Waals surface area (Å²) >= 11 is 0. The van der Waals surface area contributed by atoms with Gasteiger partial charge in [0.05, 0.1) is 5.56 Å². The molecule has 0 aliphatic carbocycles. The molecule has 0 unspecified atom stereocenters. The van der Waals surface area contributed by atoms with Crippen molar-refractivity contribution in [3.63, 3.8) is 0 Å². The molecule has 3 aromatic rings. The van der Waals surface area contributed by atoms with Gasteiger partial charge in [-0.3, -0.25) is 4.79 Å². The van der Waals surface area contributed by atoms with Crippen LogP contribution in [0.1, 0.15) is 28.9 Å². The molecule has 6 nitrogen and oxygen atoms in total. The fourth-order valence-electron chi connectivity index (χ4n) is 2.32. The fourth-order valence-corrected chi connectivity index (χ4v) is 2.32. The van der Waals surface area contributed by atoms with Gasteiger partial charge in [0.25, 0.3) is 5.91 Å². The van der Waals surface area contributed by atoms with Crippen LogP contribution in [0.2, 0.25) is 0 Å². The third-order valence-electron chi connectivity index (χ3n) is 3.49. The van der Waals surface area contributed by atoms with Gasteiger partial charge < -0.3 is 10.5 Å². The summed E-state index contributed by atoms with van der Waals surface area (Å²) in [7, 11) is 0. The third kappa shape index (κ3) is 3.06. The number of para-hydroxylation sites is 1. The van der Waals surface area contributed by atoms with Crippen molar-refractivity contribution >= 4 is 5.91 Å². The summed E-state index contributed by atoms with van der Waals surface area (Å²) in [6.07, 6.45) is 2.71. The van der Waals surface area contributed by atoms with E-state index in [-0.39, 0.29) is 6.10 Å². The van der Waals surface area contributed by atoms with Crippen LogP contribution >= 0.6 is 0 Å². The first-order valence-corrected chi connectivity index (χ1v) is 7.16. The zero-order valence-electron chi connectivity index (χ0n) is 12.6. The van der Waals surface area contributed by atoms with Gasteiger partial charge in [0, 0.05) is 0 Å². The van der Waals surface area contributed by atoms with Gasteiger partial charge in [-0.25, -0.2) is 9.67 Å². The van der Waals surface area contributed by atoms with Crippen molar-refractivity contribution in [2.24, 2.45) is 5.73 Å². The normalized spacial score (nSPS) is 11.9. The number of rotatable bonds is 5. The van der Waals surface area contributed by atoms with E-state index in [4.69, 9.17) is 10.5 Å². The Labute approximate surface area is 133 Å². The second-order valence-corrected chi connectivity index (χ2v) is 5.03. The van der Waals surface area contributed by atoms with Crippen LogP contribution in [-0.4, -0.2) is 20.7 Å². The Hall–Kier alpha value is -3.15. The van der Waals surface area contributed by atoms with E-state index in [2.05, 4.69) is 10.1 Å². The lowest BCUT2D eigenvalue weighted by Crippen LogP contribution is -2.16. The van der Waals surface area contributed by atoms with Gasteiger partial charge in [0.15, 0.2) is 5.75 Å². The van der Waals surface area contributed by atoms with Crippen LogP contribution in [-0.2, 0) is 0 Å². The van der Waals surface area contributed by atoms with E-state index in [1.807, 2.05) is 37.3 Å². The van der Waals surface area contributed by atoms with Crippen LogP contribution in [0.25, 0.3) is 5.69 Å². The third-order valence-corrected chi connectivity index (χ3v) is 3.49. The number of benzene rings is 2. The lowest BCUT2D eigenvalue weighted by molar-refractivity contribution is 0.0993. The van der Waals surface area contributed by atoms with Crippen LogP contribution in [0.4, 0.5) is 0 Å². The average molecular weight is 308 g/mol. The van der Waals surface area contributed by atoms with Gasteiger partial charge in [0.1, 0.15) is 24.4 Å². The highest BCUT2D eigenvalue weighted by Crippen LogP contribution is 2.31. The molecule has 116 valence electrons. The Morgan fingerprint density at radius 2 is 1.96 bits per heavy atom. The second-order valence-electron chi connectivity index (χ2n) is 5.03. The molecule has 1 aromatic heterocycles. The van der Waals surface area contributed by atoms with Gasteiger partial charge in [-0.2, -0.15) is 5.10 Å². The maximum Gasteiger partial charge on any atom is 0.252 e. The maximum absolute atomic E-state index is 11.8. The summed E-state index contributed by atoms with van der Waals surface area (Å²) in [5.74, 6) is -0.163. The van der Waals surface area contributed by atoms with E-state index < -0.39 is 5.91 Å². The number of nitrogens with two attached hydrogens (primary N) is 1. The van der Waals surface area contributed by atoms with Crippen LogP contribution < -0.4 is 10.5 Å². The first-order chi connectivity index (χ1) is 11.2. The Morgan fingerprint density at radius 3 is 2.61 bits per heavy atom. The molecule has 0 radical (unpaired) electrons. The number of carbonyl (C=O) groups excluding carboxylic acids is 1. The minimum Gasteiger partial charge on any atom is -0.483 e. The molecule has 2 aromatic carbocycles. The molecule has 0 spiro atoms. The predicted molar refractivity (Wildman–Crippen MR) is 85.4 cm³/mol. The first kappa shape index (κ1) is 14.8. The molecule has 0 aliphatic rings. The molecule has 0 aliphatic heterocycles. The van der Waals surface area contributed by atoms with Crippen molar-refractivity contribution in [1.29, 1.82) is 0 Å². The Morgan fingerprint density at radius 1 is 1.17 bits per heavy atom. The molecule has 1 atom stereocenters. The number of aromatic nitrogens is 3. The minimum absolute atomic E-state index is 0.251. The monoisotopic (exact) mass is 308 g/mol. The number of ether oxygens (including phenoxy) is 1. The van der Waals surface area contributed by atoms with Crippen LogP contribution in [0.3, 0.4) is 0 Å². The summed E-state index contributed by atoms with van der Waals surface area (Å²) < 4.78 is 7.60. The molecule has 0 saturated heterocycles. The molecular weight excluding hydrogens is 292 g/mol. The Balaban J connectivity index is 2.04. The summed E-state index contributed by atoms with van der Waals surface area (Å²) in [5.41, 5.74) is 7.40. The molecule has 0 bridgehead atoms. The Kier molecular flexibility index (Phi) is 4.05. The van der Waals surface area contributed by atoms with Crippen LogP contribution in [0.5, 0.6) is 5.75 Å². The zero-order chi connectivity index (χ0) is 16.2. The summed E-state index contributed by atoms with van der Waals surface area (Å²) in [6, 6.07) is 14.9. The highest BCUT2D eigenvalue weighted by Gasteiger charge is 2.19. The predicted octanol–water partition coefficient (Wildman–Crippen LogP) is 2.51. The number of amides is 1. The molecule has 23 heavy (non-hydrogen) atoms. The maximum atomic E-state index is 11.8. The fraction of sp³-hybridized carbons (Fsp3) is 0.118. The van der Waals surface area contributed by atoms with E-state index in [1.54, 1.807) is 29.2 Å². The topological polar surface area (TPSA) is 83.0 Å². The van der Waals surface area contributed by atoms with Gasteiger partial charge in [-0.1, -0.05) is 36.4 Å². The highest BCUT2D eigenvalue weighted by molar-refractivity contribution is 5.96. The lowest BCUT2D eigenvalue weighted by Gasteiger charge is -2.19. The molecule has 1 amide bonds. The molecule has 3 rings (SSSR count). The number of nitrogens with zero attached hydrogens (tertiary/aromatic N) is 3. The van der Waals surface area contributed by atoms with Crippen LogP contribution in [0.15, 0.2) is 61.2 Å². The number of carbonyl (C=O) groups is 1. The van der Waals surface area contributed by atoms with Gasteiger partial charge in [0.2, 0.25) is 0 Å². The van der Waals surface area contributed by atoms with E-state index in [0.29, 0.717) is 17.0 Å². The zero-order valence-corrected chi connectivity index (χ0v) is 12.6. The largest absolute Gasteiger partial charge is 0.483 e. The molecule has 0 saturated carbocycles. The SMILES string of the molecule is C[C@H](Oc1c(C(N)=O)cccc1-n1cncn1)c1ccccc1. The Bertz CT molecular complexity index is 801. The van der Waals surface area contributed by atoms with Crippen molar-refractivity contribution in [3.05, 3.63) is 72.3 Å². The molecule has 1 heterocycles. The minimum atomic E-state index is -0.553. The van der Waals surface area contributed by atoms with Crippen molar-refractivity contribution < 1.29 is 9.53 Å². The molecular formula is C17H16N4O2. The van der Waals surface area contributed by atoms with E-state index >= 15 is 0 Å². The van der Waals surface area contributed by atoms with E-state index in [1.165, 1.54) is 6.33 Å². The summed E-state index contributed by atoms with van der Waals surface area (Å²) in [5, 5.41) is 4.10. The standard InChI is InChI=1S/C17H16N4O2/c1-12(13-6-3-2-4-7-13)23-16-14(17(18)22)8-5-9-15(16)21-11-19-10-20-21/h2-12H,1H3,(H2,18,22)/t12-/m0/s1. The van der Waals surface area contributed by atoms with Gasteiger partial charge in [-0.15, -0.1) is 0 Å². The van der Waals surface area contributed by atoms with E-state index in [9.17, 15) is 4.79 Å². The number of hydrogen-bond acceptors (Lipinski definition) is 4.